The van der Waals surface area contributed by atoms with Crippen molar-refractivity contribution in [3.05, 3.63) is 42.1 Å². The zero-order valence-corrected chi connectivity index (χ0v) is 10.6. The van der Waals surface area contributed by atoms with E-state index in [1.165, 1.54) is 0 Å². The van der Waals surface area contributed by atoms with Crippen LogP contribution in [0, 0.1) is 0 Å². The van der Waals surface area contributed by atoms with Gasteiger partial charge in [-0.2, -0.15) is 5.10 Å². The van der Waals surface area contributed by atoms with Crippen LogP contribution in [-0.4, -0.2) is 15.8 Å². The summed E-state index contributed by atoms with van der Waals surface area (Å²) >= 11 is 5.75. The van der Waals surface area contributed by atoms with Crippen LogP contribution in [-0.2, 0) is 12.4 Å². The lowest BCUT2D eigenvalue weighted by Crippen LogP contribution is -2.22. The van der Waals surface area contributed by atoms with E-state index in [0.717, 1.165) is 23.4 Å². The van der Waals surface area contributed by atoms with Gasteiger partial charge in [-0.25, -0.2) is 0 Å². The van der Waals surface area contributed by atoms with Crippen LogP contribution >= 0.6 is 11.6 Å². The molecule has 3 nitrogen and oxygen atoms in total. The van der Waals surface area contributed by atoms with Crippen LogP contribution in [0.5, 0.6) is 0 Å². The highest BCUT2D eigenvalue weighted by Gasteiger charge is 2.03. The Morgan fingerprint density at radius 2 is 2.00 bits per heavy atom. The van der Waals surface area contributed by atoms with Crippen LogP contribution in [0.15, 0.2) is 36.5 Å². The molecule has 0 aliphatic rings. The van der Waals surface area contributed by atoms with Crippen LogP contribution in [0.2, 0.25) is 0 Å². The molecule has 17 heavy (non-hydrogen) atoms. The molecule has 1 aromatic carbocycles. The summed E-state index contributed by atoms with van der Waals surface area (Å²) in [7, 11) is 0. The number of benzene rings is 1. The summed E-state index contributed by atoms with van der Waals surface area (Å²) in [6.45, 7) is 2.70. The normalized spacial score (nSPS) is 12.6. The lowest BCUT2D eigenvalue weighted by atomic mass is 10.1. The molecule has 1 aromatic heterocycles. The minimum atomic E-state index is 0.112. The molecule has 0 aliphatic carbocycles. The average molecular weight is 250 g/mol. The maximum Gasteiger partial charge on any atom is 0.0923 e. The minimum absolute atomic E-state index is 0.112. The number of hydrogen-bond acceptors (Lipinski definition) is 2. The smallest absolute Gasteiger partial charge is 0.0923 e. The zero-order chi connectivity index (χ0) is 12.3. The van der Waals surface area contributed by atoms with E-state index in [4.69, 9.17) is 17.3 Å². The molecular formula is C13H16ClN3. The molecule has 0 radical (unpaired) electrons. The molecule has 2 aromatic rings. The molecule has 4 heteroatoms. The standard InChI is InChI=1S/C13H16ClN3/c1-10(15)9-17-7-6-13(16-17)12-4-2-11(8-14)3-5-12/h2-7,10H,8-9,15H2,1H3/t10-/m1/s1. The monoisotopic (exact) mass is 249 g/mol. The van der Waals surface area contributed by atoms with E-state index in [0.29, 0.717) is 5.88 Å². The Morgan fingerprint density at radius 1 is 1.29 bits per heavy atom. The van der Waals surface area contributed by atoms with Gasteiger partial charge in [0.15, 0.2) is 0 Å². The van der Waals surface area contributed by atoms with E-state index >= 15 is 0 Å². The van der Waals surface area contributed by atoms with Crippen molar-refractivity contribution in [2.75, 3.05) is 0 Å². The van der Waals surface area contributed by atoms with Crippen LogP contribution < -0.4 is 5.73 Å². The van der Waals surface area contributed by atoms with Gasteiger partial charge < -0.3 is 5.73 Å². The van der Waals surface area contributed by atoms with Crippen molar-refractivity contribution in [1.82, 2.24) is 9.78 Å². The first kappa shape index (κ1) is 12.1. The highest BCUT2D eigenvalue weighted by molar-refractivity contribution is 6.17. The topological polar surface area (TPSA) is 43.8 Å². The Kier molecular flexibility index (Phi) is 3.82. The van der Waals surface area contributed by atoms with Crippen molar-refractivity contribution in [1.29, 1.82) is 0 Å². The van der Waals surface area contributed by atoms with Gasteiger partial charge in [-0.3, -0.25) is 4.68 Å². The first-order chi connectivity index (χ1) is 8.19. The summed E-state index contributed by atoms with van der Waals surface area (Å²) in [5.41, 5.74) is 8.91. The van der Waals surface area contributed by atoms with Crippen molar-refractivity contribution in [3.8, 4) is 11.3 Å². The minimum Gasteiger partial charge on any atom is -0.326 e. The third-order valence-electron chi connectivity index (χ3n) is 2.52. The maximum atomic E-state index is 5.75. The first-order valence-corrected chi connectivity index (χ1v) is 6.17. The number of nitrogens with zero attached hydrogens (tertiary/aromatic N) is 2. The summed E-state index contributed by atoms with van der Waals surface area (Å²) in [6.07, 6.45) is 1.95. The zero-order valence-electron chi connectivity index (χ0n) is 9.81. The quantitative estimate of drug-likeness (QED) is 0.847. The number of halogens is 1. The molecule has 0 saturated heterocycles. The highest BCUT2D eigenvalue weighted by atomic mass is 35.5. The van der Waals surface area contributed by atoms with Crippen LogP contribution in [0.25, 0.3) is 11.3 Å². The summed E-state index contributed by atoms with van der Waals surface area (Å²) < 4.78 is 1.87. The average Bonchev–Trinajstić information content (AvgIpc) is 2.77. The highest BCUT2D eigenvalue weighted by Crippen LogP contribution is 2.18. The predicted molar refractivity (Wildman–Crippen MR) is 70.9 cm³/mol. The molecule has 0 bridgehead atoms. The number of rotatable bonds is 4. The van der Waals surface area contributed by atoms with Crippen molar-refractivity contribution >= 4 is 11.6 Å². The Hall–Kier alpha value is -1.32. The SMILES string of the molecule is C[C@@H](N)Cn1ccc(-c2ccc(CCl)cc2)n1. The number of alkyl halides is 1. The lowest BCUT2D eigenvalue weighted by Gasteiger charge is -2.04. The fourth-order valence-electron chi connectivity index (χ4n) is 1.68. The fraction of sp³-hybridized carbons (Fsp3) is 0.308. The van der Waals surface area contributed by atoms with E-state index in [-0.39, 0.29) is 6.04 Å². The summed E-state index contributed by atoms with van der Waals surface area (Å²) in [5, 5.41) is 4.48. The van der Waals surface area contributed by atoms with Gasteiger partial charge in [0.25, 0.3) is 0 Å². The molecule has 0 spiro atoms. The van der Waals surface area contributed by atoms with Crippen LogP contribution in [0.3, 0.4) is 0 Å². The van der Waals surface area contributed by atoms with Gasteiger partial charge in [-0.1, -0.05) is 24.3 Å². The Balaban J connectivity index is 2.18. The van der Waals surface area contributed by atoms with Crippen molar-refractivity contribution in [2.45, 2.75) is 25.4 Å². The third-order valence-corrected chi connectivity index (χ3v) is 2.83. The number of nitrogens with two attached hydrogens (primary N) is 1. The predicted octanol–water partition coefficient (Wildman–Crippen LogP) is 2.64. The maximum absolute atomic E-state index is 5.75. The van der Waals surface area contributed by atoms with Crippen LogP contribution in [0.4, 0.5) is 0 Å². The van der Waals surface area contributed by atoms with Crippen LogP contribution in [0.1, 0.15) is 12.5 Å². The van der Waals surface area contributed by atoms with Crippen molar-refractivity contribution in [2.24, 2.45) is 5.73 Å². The molecule has 1 heterocycles. The molecule has 0 fully saturated rings. The van der Waals surface area contributed by atoms with Gasteiger partial charge in [0.2, 0.25) is 0 Å². The molecule has 0 amide bonds. The van der Waals surface area contributed by atoms with E-state index in [1.54, 1.807) is 0 Å². The van der Waals surface area contributed by atoms with E-state index < -0.39 is 0 Å². The Labute approximate surface area is 106 Å². The number of hydrogen-bond donors (Lipinski definition) is 1. The van der Waals surface area contributed by atoms with Gasteiger partial charge >= 0.3 is 0 Å². The second-order valence-electron chi connectivity index (χ2n) is 4.23. The van der Waals surface area contributed by atoms with Crippen molar-refractivity contribution in [3.63, 3.8) is 0 Å². The summed E-state index contributed by atoms with van der Waals surface area (Å²) in [4.78, 5) is 0. The molecule has 0 saturated carbocycles. The van der Waals surface area contributed by atoms with Gasteiger partial charge in [0.1, 0.15) is 0 Å². The van der Waals surface area contributed by atoms with E-state index in [1.807, 2.05) is 48.1 Å². The molecule has 2 rings (SSSR count). The van der Waals surface area contributed by atoms with E-state index in [9.17, 15) is 0 Å². The summed E-state index contributed by atoms with van der Waals surface area (Å²) in [6, 6.07) is 10.2. The second-order valence-corrected chi connectivity index (χ2v) is 4.50. The number of aromatic nitrogens is 2. The Morgan fingerprint density at radius 3 is 2.59 bits per heavy atom. The molecule has 1 atom stereocenters. The summed E-state index contributed by atoms with van der Waals surface area (Å²) in [5.74, 6) is 0.541. The largest absolute Gasteiger partial charge is 0.326 e. The molecule has 90 valence electrons. The Bertz CT molecular complexity index is 474. The molecular weight excluding hydrogens is 234 g/mol. The molecule has 2 N–H and O–H groups in total. The van der Waals surface area contributed by atoms with Gasteiger partial charge in [-0.05, 0) is 18.6 Å². The fourth-order valence-corrected chi connectivity index (χ4v) is 1.86. The van der Waals surface area contributed by atoms with Gasteiger partial charge in [0.05, 0.1) is 12.2 Å². The van der Waals surface area contributed by atoms with Gasteiger partial charge in [0, 0.05) is 23.7 Å². The van der Waals surface area contributed by atoms with Crippen molar-refractivity contribution < 1.29 is 0 Å². The lowest BCUT2D eigenvalue weighted by molar-refractivity contribution is 0.540. The second kappa shape index (κ2) is 5.34. The van der Waals surface area contributed by atoms with Gasteiger partial charge in [-0.15, -0.1) is 11.6 Å². The first-order valence-electron chi connectivity index (χ1n) is 5.63. The third kappa shape index (κ3) is 3.08. The molecule has 0 unspecified atom stereocenters. The van der Waals surface area contributed by atoms with E-state index in [2.05, 4.69) is 5.10 Å². The molecule has 0 aliphatic heterocycles.